The first-order chi connectivity index (χ1) is 8.31. The normalized spacial score (nSPS) is 11.2. The van der Waals surface area contributed by atoms with Crippen LogP contribution in [0, 0.1) is 0 Å². The molecular weight excluding hydrogens is 212 g/mol. The number of aliphatic imine (C=N–C) groups is 1. The molecule has 0 aliphatic carbocycles. The Morgan fingerprint density at radius 2 is 2.06 bits per heavy atom. The quantitative estimate of drug-likeness (QED) is 0.444. The highest BCUT2D eigenvalue weighted by atomic mass is 16.5. The van der Waals surface area contributed by atoms with Crippen LogP contribution in [0.25, 0.3) is 5.57 Å². The summed E-state index contributed by atoms with van der Waals surface area (Å²) in [7, 11) is 0. The number of rotatable bonds is 7. The number of allylic oxidation sites excluding steroid dienone is 2. The van der Waals surface area contributed by atoms with Crippen LogP contribution >= 0.6 is 0 Å². The number of hydrogen-bond donors (Lipinski definition) is 1. The highest BCUT2D eigenvalue weighted by Gasteiger charge is 1.98. The zero-order valence-electron chi connectivity index (χ0n) is 9.93. The van der Waals surface area contributed by atoms with Gasteiger partial charge in [-0.15, -0.1) is 0 Å². The van der Waals surface area contributed by atoms with Crippen molar-refractivity contribution < 1.29 is 4.74 Å². The molecule has 1 aromatic rings. The first-order valence-corrected chi connectivity index (χ1v) is 5.47. The van der Waals surface area contributed by atoms with Crippen molar-refractivity contribution in [2.45, 2.75) is 6.61 Å². The molecule has 0 heterocycles. The van der Waals surface area contributed by atoms with E-state index in [1.165, 1.54) is 0 Å². The van der Waals surface area contributed by atoms with Gasteiger partial charge in [0.1, 0.15) is 0 Å². The second-order valence-electron chi connectivity index (χ2n) is 3.51. The van der Waals surface area contributed by atoms with Gasteiger partial charge in [-0.1, -0.05) is 36.9 Å². The third-order valence-corrected chi connectivity index (χ3v) is 2.27. The van der Waals surface area contributed by atoms with E-state index in [2.05, 4.69) is 18.3 Å². The Hall–Kier alpha value is -1.71. The lowest BCUT2D eigenvalue weighted by Gasteiger charge is -2.05. The molecule has 3 heteroatoms. The molecule has 0 saturated carbocycles. The van der Waals surface area contributed by atoms with Crippen LogP contribution in [-0.4, -0.2) is 19.9 Å². The smallest absolute Gasteiger partial charge is 0.0717 e. The van der Waals surface area contributed by atoms with E-state index in [1.54, 1.807) is 12.3 Å². The molecule has 0 saturated heterocycles. The minimum atomic E-state index is 0.548. The van der Waals surface area contributed by atoms with E-state index in [9.17, 15) is 0 Å². The monoisotopic (exact) mass is 230 g/mol. The minimum absolute atomic E-state index is 0.548. The molecule has 0 aliphatic heterocycles. The maximum absolute atomic E-state index is 5.35. The summed E-state index contributed by atoms with van der Waals surface area (Å²) >= 11 is 0. The van der Waals surface area contributed by atoms with Crippen molar-refractivity contribution in [2.75, 3.05) is 13.2 Å². The molecule has 90 valence electrons. The molecule has 0 radical (unpaired) electrons. The van der Waals surface area contributed by atoms with E-state index < -0.39 is 0 Å². The van der Waals surface area contributed by atoms with E-state index >= 15 is 0 Å². The molecule has 0 bridgehead atoms. The molecule has 0 spiro atoms. The summed E-state index contributed by atoms with van der Waals surface area (Å²) < 4.78 is 5.35. The average molecular weight is 230 g/mol. The van der Waals surface area contributed by atoms with Gasteiger partial charge >= 0.3 is 0 Å². The van der Waals surface area contributed by atoms with E-state index in [0.717, 1.165) is 16.7 Å². The lowest BCUT2D eigenvalue weighted by Crippen LogP contribution is -2.08. The summed E-state index contributed by atoms with van der Waals surface area (Å²) in [5.74, 6) is 0. The van der Waals surface area contributed by atoms with Crippen molar-refractivity contribution >= 4 is 12.3 Å². The largest absolute Gasteiger partial charge is 0.375 e. The Morgan fingerprint density at radius 3 is 2.59 bits per heavy atom. The Morgan fingerprint density at radius 1 is 1.35 bits per heavy atom. The summed E-state index contributed by atoms with van der Waals surface area (Å²) in [6.45, 7) is 8.90. The SMILES string of the molecule is C=C/C(=C\N=C)c1ccc(COCCN)cc1. The summed E-state index contributed by atoms with van der Waals surface area (Å²) in [5, 5.41) is 0. The molecule has 0 aromatic heterocycles. The standard InChI is InChI=1S/C14H18N2O/c1-3-13(10-16-2)14-6-4-12(5-7-14)11-17-9-8-15/h3-7,10H,1-2,8-9,11,15H2/b13-10+. The highest BCUT2D eigenvalue weighted by molar-refractivity contribution is 5.73. The maximum Gasteiger partial charge on any atom is 0.0717 e. The van der Waals surface area contributed by atoms with Crippen molar-refractivity contribution in [3.8, 4) is 0 Å². The van der Waals surface area contributed by atoms with Gasteiger partial charge in [0.25, 0.3) is 0 Å². The summed E-state index contributed by atoms with van der Waals surface area (Å²) in [6.07, 6.45) is 3.45. The van der Waals surface area contributed by atoms with Gasteiger partial charge in [0.05, 0.1) is 13.2 Å². The van der Waals surface area contributed by atoms with E-state index in [0.29, 0.717) is 19.8 Å². The Bertz CT molecular complexity index is 393. The predicted octanol–water partition coefficient (Wildman–Crippen LogP) is 2.39. The molecule has 0 fully saturated rings. The average Bonchev–Trinajstić information content (AvgIpc) is 2.37. The molecule has 0 aliphatic rings. The Balaban J connectivity index is 2.70. The van der Waals surface area contributed by atoms with Crippen molar-refractivity contribution in [3.05, 3.63) is 54.2 Å². The van der Waals surface area contributed by atoms with Gasteiger partial charge in [-0.3, -0.25) is 4.99 Å². The van der Waals surface area contributed by atoms with E-state index in [1.807, 2.05) is 24.3 Å². The molecular formula is C14H18N2O. The molecule has 1 aromatic carbocycles. The molecule has 2 N–H and O–H groups in total. The van der Waals surface area contributed by atoms with Crippen molar-refractivity contribution in [1.29, 1.82) is 0 Å². The Labute approximate surface area is 102 Å². The van der Waals surface area contributed by atoms with Gasteiger partial charge < -0.3 is 10.5 Å². The van der Waals surface area contributed by atoms with E-state index in [4.69, 9.17) is 10.5 Å². The van der Waals surface area contributed by atoms with Gasteiger partial charge in [-0.25, -0.2) is 0 Å². The third kappa shape index (κ3) is 4.34. The summed E-state index contributed by atoms with van der Waals surface area (Å²) in [4.78, 5) is 3.74. The van der Waals surface area contributed by atoms with Gasteiger partial charge in [0, 0.05) is 12.7 Å². The van der Waals surface area contributed by atoms with Crippen LogP contribution in [0.15, 0.2) is 48.1 Å². The van der Waals surface area contributed by atoms with E-state index in [-0.39, 0.29) is 0 Å². The second-order valence-corrected chi connectivity index (χ2v) is 3.51. The molecule has 1 rings (SSSR count). The zero-order chi connectivity index (χ0) is 12.5. The topological polar surface area (TPSA) is 47.6 Å². The Kier molecular flexibility index (Phi) is 5.93. The van der Waals surface area contributed by atoms with Gasteiger partial charge in [-0.05, 0) is 23.4 Å². The van der Waals surface area contributed by atoms with Crippen LogP contribution in [0.5, 0.6) is 0 Å². The minimum Gasteiger partial charge on any atom is -0.375 e. The fraction of sp³-hybridized carbons (Fsp3) is 0.214. The maximum atomic E-state index is 5.35. The molecule has 0 atom stereocenters. The predicted molar refractivity (Wildman–Crippen MR) is 72.9 cm³/mol. The van der Waals surface area contributed by atoms with Crippen molar-refractivity contribution in [3.63, 3.8) is 0 Å². The molecule has 3 nitrogen and oxygen atoms in total. The lowest BCUT2D eigenvalue weighted by molar-refractivity contribution is 0.128. The number of hydrogen-bond acceptors (Lipinski definition) is 3. The summed E-state index contributed by atoms with van der Waals surface area (Å²) in [6, 6.07) is 8.07. The lowest BCUT2D eigenvalue weighted by atomic mass is 10.1. The van der Waals surface area contributed by atoms with Crippen LogP contribution in [0.3, 0.4) is 0 Å². The van der Waals surface area contributed by atoms with Gasteiger partial charge in [-0.2, -0.15) is 0 Å². The van der Waals surface area contributed by atoms with Gasteiger partial charge in [0.15, 0.2) is 0 Å². The van der Waals surface area contributed by atoms with Crippen LogP contribution in [0.2, 0.25) is 0 Å². The number of nitrogens with two attached hydrogens (primary N) is 1. The zero-order valence-corrected chi connectivity index (χ0v) is 9.93. The van der Waals surface area contributed by atoms with Crippen LogP contribution in [-0.2, 0) is 11.3 Å². The van der Waals surface area contributed by atoms with Crippen molar-refractivity contribution in [1.82, 2.24) is 0 Å². The molecule has 0 unspecified atom stereocenters. The number of ether oxygens (including phenoxy) is 1. The summed E-state index contributed by atoms with van der Waals surface area (Å²) in [5.41, 5.74) is 8.49. The fourth-order valence-electron chi connectivity index (χ4n) is 1.41. The second kappa shape index (κ2) is 7.54. The number of benzene rings is 1. The number of nitrogens with zero attached hydrogens (tertiary/aromatic N) is 1. The molecule has 0 amide bonds. The highest BCUT2D eigenvalue weighted by Crippen LogP contribution is 2.16. The first-order valence-electron chi connectivity index (χ1n) is 5.47. The molecule has 17 heavy (non-hydrogen) atoms. The van der Waals surface area contributed by atoms with Crippen LogP contribution in [0.4, 0.5) is 0 Å². The first kappa shape index (κ1) is 13.4. The third-order valence-electron chi connectivity index (χ3n) is 2.27. The van der Waals surface area contributed by atoms with Crippen molar-refractivity contribution in [2.24, 2.45) is 10.7 Å². The fourth-order valence-corrected chi connectivity index (χ4v) is 1.41. The van der Waals surface area contributed by atoms with Gasteiger partial charge in [0.2, 0.25) is 0 Å². The van der Waals surface area contributed by atoms with Crippen LogP contribution < -0.4 is 5.73 Å². The van der Waals surface area contributed by atoms with Crippen LogP contribution in [0.1, 0.15) is 11.1 Å².